The summed E-state index contributed by atoms with van der Waals surface area (Å²) in [6.07, 6.45) is 2.45. The molecule has 11 nitrogen and oxygen atoms in total. The van der Waals surface area contributed by atoms with Gasteiger partial charge in [0.1, 0.15) is 6.54 Å². The number of ketones is 1. The predicted octanol–water partition coefficient (Wildman–Crippen LogP) is 1.78. The van der Waals surface area contributed by atoms with Gasteiger partial charge in [0.15, 0.2) is 0 Å². The molecule has 11 heteroatoms. The summed E-state index contributed by atoms with van der Waals surface area (Å²) in [5.41, 5.74) is 0. The van der Waals surface area contributed by atoms with Crippen LogP contribution >= 0.6 is 0 Å². The SMILES string of the molecule is CCCOC(=O)CNC(=O)C(=O)C(CCC)NC(=O)[C@@H]1CCCN1C[C@@H](NC(=O)OCC(C)C)C(C)C. The van der Waals surface area contributed by atoms with E-state index in [4.69, 9.17) is 9.47 Å². The largest absolute Gasteiger partial charge is 0.464 e. The average Bonchev–Trinajstić information content (AvgIpc) is 3.31. The molecule has 1 fully saturated rings. The Morgan fingerprint density at radius 2 is 1.68 bits per heavy atom. The molecule has 1 heterocycles. The van der Waals surface area contributed by atoms with Crippen molar-refractivity contribution in [2.45, 2.75) is 91.8 Å². The Morgan fingerprint density at radius 3 is 2.27 bits per heavy atom. The number of amides is 3. The minimum atomic E-state index is -0.989. The summed E-state index contributed by atoms with van der Waals surface area (Å²) in [5, 5.41) is 7.94. The van der Waals surface area contributed by atoms with Gasteiger partial charge in [-0.2, -0.15) is 0 Å². The van der Waals surface area contributed by atoms with Crippen LogP contribution in [0.2, 0.25) is 0 Å². The third kappa shape index (κ3) is 11.9. The third-order valence-electron chi connectivity index (χ3n) is 6.05. The van der Waals surface area contributed by atoms with Crippen LogP contribution in [0.25, 0.3) is 0 Å². The molecule has 1 unspecified atom stereocenters. The number of hydrogen-bond donors (Lipinski definition) is 3. The van der Waals surface area contributed by atoms with Crippen molar-refractivity contribution < 1.29 is 33.4 Å². The number of ether oxygens (including phenoxy) is 2. The van der Waals surface area contributed by atoms with E-state index in [-0.39, 0.29) is 30.4 Å². The highest BCUT2D eigenvalue weighted by Crippen LogP contribution is 2.20. The first-order chi connectivity index (χ1) is 17.5. The number of hydrogen-bond acceptors (Lipinski definition) is 8. The highest BCUT2D eigenvalue weighted by atomic mass is 16.5. The third-order valence-corrected chi connectivity index (χ3v) is 6.05. The van der Waals surface area contributed by atoms with E-state index < -0.39 is 42.4 Å². The van der Waals surface area contributed by atoms with Gasteiger partial charge < -0.3 is 25.4 Å². The van der Waals surface area contributed by atoms with Crippen LogP contribution in [0.15, 0.2) is 0 Å². The van der Waals surface area contributed by atoms with Crippen molar-refractivity contribution in [1.82, 2.24) is 20.9 Å². The Hall–Kier alpha value is -2.69. The standard InChI is InChI=1S/C26H46N4O7/c1-7-10-19(23(32)25(34)27-14-22(31)36-13-8-2)28-24(33)21-11-9-12-30(21)15-20(18(5)6)29-26(35)37-16-17(3)4/h17-21H,7-16H2,1-6H3,(H,27,34)(H,28,33)(H,29,35)/t19?,20-,21+/m1/s1. The molecule has 1 rings (SSSR count). The van der Waals surface area contributed by atoms with Crippen molar-refractivity contribution in [2.75, 3.05) is 32.8 Å². The molecule has 0 aliphatic carbocycles. The molecule has 0 bridgehead atoms. The number of Topliss-reactive ketones (excluding diaryl/α,β-unsaturated/α-hetero) is 1. The lowest BCUT2D eigenvalue weighted by Gasteiger charge is -2.31. The number of likely N-dealkylation sites (tertiary alicyclic amines) is 1. The first-order valence-corrected chi connectivity index (χ1v) is 13.4. The normalized spacial score (nSPS) is 17.2. The van der Waals surface area contributed by atoms with Crippen molar-refractivity contribution >= 4 is 29.7 Å². The summed E-state index contributed by atoms with van der Waals surface area (Å²) in [6.45, 7) is 12.9. The second-order valence-corrected chi connectivity index (χ2v) is 10.3. The van der Waals surface area contributed by atoms with E-state index in [2.05, 4.69) is 16.0 Å². The van der Waals surface area contributed by atoms with Crippen LogP contribution in [-0.2, 0) is 28.7 Å². The average molecular weight is 527 g/mol. The fourth-order valence-corrected chi connectivity index (χ4v) is 3.94. The van der Waals surface area contributed by atoms with Gasteiger partial charge in [0, 0.05) is 12.6 Å². The summed E-state index contributed by atoms with van der Waals surface area (Å²) in [6, 6.07) is -1.69. The van der Waals surface area contributed by atoms with E-state index in [0.29, 0.717) is 45.4 Å². The number of esters is 1. The lowest BCUT2D eigenvalue weighted by molar-refractivity contribution is -0.146. The van der Waals surface area contributed by atoms with Crippen molar-refractivity contribution in [1.29, 1.82) is 0 Å². The fraction of sp³-hybridized carbons (Fsp3) is 0.808. The van der Waals surface area contributed by atoms with Gasteiger partial charge in [0.25, 0.3) is 5.91 Å². The maximum atomic E-state index is 13.2. The second-order valence-electron chi connectivity index (χ2n) is 10.3. The zero-order valence-corrected chi connectivity index (χ0v) is 23.3. The molecule has 212 valence electrons. The molecule has 37 heavy (non-hydrogen) atoms. The second kappa shape index (κ2) is 16.9. The summed E-state index contributed by atoms with van der Waals surface area (Å²) in [4.78, 5) is 64.1. The molecule has 1 saturated heterocycles. The minimum absolute atomic E-state index is 0.109. The molecule has 3 N–H and O–H groups in total. The van der Waals surface area contributed by atoms with Crippen LogP contribution in [0.4, 0.5) is 4.79 Å². The van der Waals surface area contributed by atoms with Crippen LogP contribution in [0.3, 0.4) is 0 Å². The monoisotopic (exact) mass is 526 g/mol. The van der Waals surface area contributed by atoms with Gasteiger partial charge in [-0.15, -0.1) is 0 Å². The highest BCUT2D eigenvalue weighted by Gasteiger charge is 2.36. The highest BCUT2D eigenvalue weighted by molar-refractivity contribution is 6.38. The number of rotatable bonds is 16. The van der Waals surface area contributed by atoms with Crippen LogP contribution in [-0.4, -0.2) is 85.5 Å². The molecule has 3 atom stereocenters. The predicted molar refractivity (Wildman–Crippen MR) is 139 cm³/mol. The Morgan fingerprint density at radius 1 is 0.973 bits per heavy atom. The molecule has 3 amide bonds. The van der Waals surface area contributed by atoms with E-state index in [1.807, 2.05) is 46.4 Å². The van der Waals surface area contributed by atoms with Gasteiger partial charge in [-0.05, 0) is 44.1 Å². The van der Waals surface area contributed by atoms with Crippen LogP contribution < -0.4 is 16.0 Å². The molecule has 1 aliphatic rings. The van der Waals surface area contributed by atoms with Crippen molar-refractivity contribution in [3.05, 3.63) is 0 Å². The minimum Gasteiger partial charge on any atom is -0.464 e. The molecule has 1 aliphatic heterocycles. The Bertz CT molecular complexity index is 772. The van der Waals surface area contributed by atoms with E-state index in [1.54, 1.807) is 0 Å². The number of nitrogens with zero attached hydrogens (tertiary/aromatic N) is 1. The summed E-state index contributed by atoms with van der Waals surface area (Å²) >= 11 is 0. The topological polar surface area (TPSA) is 143 Å². The van der Waals surface area contributed by atoms with E-state index in [9.17, 15) is 24.0 Å². The molecule has 0 aromatic carbocycles. The molecule has 0 aromatic heterocycles. The first kappa shape index (κ1) is 32.3. The maximum Gasteiger partial charge on any atom is 0.407 e. The lowest BCUT2D eigenvalue weighted by atomic mass is 10.0. The van der Waals surface area contributed by atoms with Gasteiger partial charge in [-0.3, -0.25) is 24.1 Å². The number of carbonyl (C=O) groups is 5. The summed E-state index contributed by atoms with van der Waals surface area (Å²) in [7, 11) is 0. The summed E-state index contributed by atoms with van der Waals surface area (Å²) in [5.74, 6) is -2.34. The zero-order chi connectivity index (χ0) is 28.0. The number of alkyl carbamates (subject to hydrolysis) is 1. The van der Waals surface area contributed by atoms with Gasteiger partial charge in [-0.25, -0.2) is 4.79 Å². The fourth-order valence-electron chi connectivity index (χ4n) is 3.94. The molecular formula is C26H46N4O7. The number of nitrogens with one attached hydrogen (secondary N) is 3. The van der Waals surface area contributed by atoms with E-state index >= 15 is 0 Å². The zero-order valence-electron chi connectivity index (χ0n) is 23.3. The van der Waals surface area contributed by atoms with Gasteiger partial charge >= 0.3 is 12.1 Å². The van der Waals surface area contributed by atoms with Gasteiger partial charge in [-0.1, -0.05) is 48.0 Å². The molecule has 0 saturated carbocycles. The quantitative estimate of drug-likeness (QED) is 0.204. The Labute approximate surface area is 220 Å². The molecular weight excluding hydrogens is 480 g/mol. The number of carbonyl (C=O) groups excluding carboxylic acids is 5. The van der Waals surface area contributed by atoms with Crippen molar-refractivity contribution in [3.63, 3.8) is 0 Å². The van der Waals surface area contributed by atoms with Crippen molar-refractivity contribution in [2.24, 2.45) is 11.8 Å². The van der Waals surface area contributed by atoms with Gasteiger partial charge in [0.2, 0.25) is 11.7 Å². The van der Waals surface area contributed by atoms with Crippen LogP contribution in [0, 0.1) is 11.8 Å². The Kier molecular flexibility index (Phi) is 14.8. The molecule has 0 radical (unpaired) electrons. The molecule has 0 spiro atoms. The van der Waals surface area contributed by atoms with Crippen LogP contribution in [0.5, 0.6) is 0 Å². The van der Waals surface area contributed by atoms with Crippen molar-refractivity contribution in [3.8, 4) is 0 Å². The Balaban J connectivity index is 2.75. The smallest absolute Gasteiger partial charge is 0.407 e. The molecule has 0 aromatic rings. The lowest BCUT2D eigenvalue weighted by Crippen LogP contribution is -2.55. The van der Waals surface area contributed by atoms with E-state index in [1.165, 1.54) is 0 Å². The summed E-state index contributed by atoms with van der Waals surface area (Å²) < 4.78 is 10.1. The van der Waals surface area contributed by atoms with E-state index in [0.717, 1.165) is 6.42 Å². The van der Waals surface area contributed by atoms with Gasteiger partial charge in [0.05, 0.1) is 25.3 Å². The first-order valence-electron chi connectivity index (χ1n) is 13.4. The maximum absolute atomic E-state index is 13.2. The van der Waals surface area contributed by atoms with Crippen LogP contribution in [0.1, 0.15) is 73.6 Å².